The lowest BCUT2D eigenvalue weighted by molar-refractivity contribution is 0.416. The van der Waals surface area contributed by atoms with Crippen molar-refractivity contribution in [3.05, 3.63) is 42.7 Å². The van der Waals surface area contributed by atoms with Crippen LogP contribution >= 0.6 is 0 Å². The molecule has 0 radical (unpaired) electrons. The first kappa shape index (κ1) is 10.9. The van der Waals surface area contributed by atoms with Crippen LogP contribution in [0.2, 0.25) is 0 Å². The predicted molar refractivity (Wildman–Crippen MR) is 76.3 cm³/mol. The van der Waals surface area contributed by atoms with Crippen LogP contribution in [0.1, 0.15) is 0 Å². The summed E-state index contributed by atoms with van der Waals surface area (Å²) in [5, 5.41) is 1.12. The maximum atomic E-state index is 5.41. The van der Waals surface area contributed by atoms with Crippen molar-refractivity contribution in [3.8, 4) is 16.9 Å². The van der Waals surface area contributed by atoms with Gasteiger partial charge in [0.2, 0.25) is 0 Å². The van der Waals surface area contributed by atoms with Gasteiger partial charge in [-0.2, -0.15) is 0 Å². The maximum absolute atomic E-state index is 5.41. The van der Waals surface area contributed by atoms with Crippen LogP contribution in [-0.2, 0) is 0 Å². The van der Waals surface area contributed by atoms with Gasteiger partial charge in [-0.15, -0.1) is 0 Å². The van der Waals surface area contributed by atoms with E-state index < -0.39 is 0 Å². The van der Waals surface area contributed by atoms with E-state index in [0.29, 0.717) is 0 Å². The number of pyridine rings is 1. The Hall–Kier alpha value is -2.23. The van der Waals surface area contributed by atoms with Gasteiger partial charge in [0.05, 0.1) is 7.11 Å². The molecular weight excluding hydrogens is 223 g/mol. The van der Waals surface area contributed by atoms with Crippen molar-refractivity contribution < 1.29 is 4.74 Å². The molecular formula is C14H13BN2O. The number of benzene rings is 1. The standard InChI is InChI=1S/C14H13BN2O/c1-18-13-5-3-2-4-10(13)12-8-17-14-11(12)6-9(15)7-16-14/h2-8H,15H2,1H3,(H,16,17). The Morgan fingerprint density at radius 1 is 1.22 bits per heavy atom. The number of rotatable bonds is 2. The summed E-state index contributed by atoms with van der Waals surface area (Å²) in [7, 11) is 3.74. The number of aromatic amines is 1. The second-order valence-electron chi connectivity index (χ2n) is 4.31. The molecule has 2 heterocycles. The first-order valence-electron chi connectivity index (χ1n) is 5.86. The third-order valence-electron chi connectivity index (χ3n) is 3.06. The fraction of sp³-hybridized carbons (Fsp3) is 0.0714. The summed E-state index contributed by atoms with van der Waals surface area (Å²) in [4.78, 5) is 7.58. The average Bonchev–Trinajstić information content (AvgIpc) is 2.81. The molecule has 0 aliphatic rings. The van der Waals surface area contributed by atoms with E-state index in [1.165, 1.54) is 0 Å². The average molecular weight is 236 g/mol. The van der Waals surface area contributed by atoms with Crippen LogP contribution in [0, 0.1) is 0 Å². The van der Waals surface area contributed by atoms with E-state index in [9.17, 15) is 0 Å². The lowest BCUT2D eigenvalue weighted by Gasteiger charge is -2.07. The summed E-state index contributed by atoms with van der Waals surface area (Å²) >= 11 is 0. The summed E-state index contributed by atoms with van der Waals surface area (Å²) in [5.74, 6) is 0.875. The lowest BCUT2D eigenvalue weighted by Crippen LogP contribution is -2.01. The first-order chi connectivity index (χ1) is 8.79. The summed E-state index contributed by atoms with van der Waals surface area (Å²) in [6.07, 6.45) is 3.85. The number of H-pyrrole nitrogens is 1. The van der Waals surface area contributed by atoms with Crippen LogP contribution in [-0.4, -0.2) is 24.9 Å². The molecule has 1 N–H and O–H groups in total. The zero-order valence-electron chi connectivity index (χ0n) is 10.4. The van der Waals surface area contributed by atoms with Crippen molar-refractivity contribution in [1.29, 1.82) is 0 Å². The van der Waals surface area contributed by atoms with Crippen molar-refractivity contribution >= 4 is 24.3 Å². The molecule has 18 heavy (non-hydrogen) atoms. The molecule has 1 aromatic carbocycles. The van der Waals surface area contributed by atoms with Gasteiger partial charge in [-0.3, -0.25) is 0 Å². The number of hydrogen-bond donors (Lipinski definition) is 1. The summed E-state index contributed by atoms with van der Waals surface area (Å²) in [6.45, 7) is 0. The Bertz CT molecular complexity index is 706. The SMILES string of the molecule is Bc1cnc2[nH]cc(-c3ccccc3OC)c2c1. The Kier molecular flexibility index (Phi) is 2.56. The van der Waals surface area contributed by atoms with Crippen molar-refractivity contribution in [2.75, 3.05) is 7.11 Å². The maximum Gasteiger partial charge on any atom is 0.141 e. The normalized spacial score (nSPS) is 10.7. The number of hydrogen-bond acceptors (Lipinski definition) is 2. The van der Waals surface area contributed by atoms with Gasteiger partial charge in [-0.25, -0.2) is 4.98 Å². The fourth-order valence-electron chi connectivity index (χ4n) is 2.20. The molecule has 0 spiro atoms. The van der Waals surface area contributed by atoms with Crippen LogP contribution in [0.5, 0.6) is 5.75 Å². The molecule has 88 valence electrons. The van der Waals surface area contributed by atoms with Gasteiger partial charge in [0.1, 0.15) is 19.2 Å². The largest absolute Gasteiger partial charge is 0.496 e. The van der Waals surface area contributed by atoms with Gasteiger partial charge in [-0.1, -0.05) is 29.7 Å². The van der Waals surface area contributed by atoms with Crippen LogP contribution in [0.4, 0.5) is 0 Å². The van der Waals surface area contributed by atoms with E-state index in [0.717, 1.165) is 33.4 Å². The van der Waals surface area contributed by atoms with Crippen LogP contribution in [0.3, 0.4) is 0 Å². The molecule has 0 unspecified atom stereocenters. The molecule has 0 saturated carbocycles. The number of aromatic nitrogens is 2. The predicted octanol–water partition coefficient (Wildman–Crippen LogP) is 1.50. The smallest absolute Gasteiger partial charge is 0.141 e. The topological polar surface area (TPSA) is 37.9 Å². The quantitative estimate of drug-likeness (QED) is 0.684. The number of methoxy groups -OCH3 is 1. The monoisotopic (exact) mass is 236 g/mol. The van der Waals surface area contributed by atoms with E-state index in [1.54, 1.807) is 7.11 Å². The van der Waals surface area contributed by atoms with E-state index in [2.05, 4.69) is 22.1 Å². The van der Waals surface area contributed by atoms with Crippen molar-refractivity contribution in [2.45, 2.75) is 0 Å². The van der Waals surface area contributed by atoms with Gasteiger partial charge in [-0.05, 0) is 6.07 Å². The summed E-state index contributed by atoms with van der Waals surface area (Å²) < 4.78 is 5.41. The lowest BCUT2D eigenvalue weighted by atomic mass is 9.96. The highest BCUT2D eigenvalue weighted by atomic mass is 16.5. The molecule has 4 heteroatoms. The van der Waals surface area contributed by atoms with E-state index in [-0.39, 0.29) is 0 Å². The van der Waals surface area contributed by atoms with E-state index in [1.807, 2.05) is 38.4 Å². The number of nitrogens with one attached hydrogen (secondary N) is 1. The van der Waals surface area contributed by atoms with Gasteiger partial charge in [0.25, 0.3) is 0 Å². The van der Waals surface area contributed by atoms with Crippen molar-refractivity contribution in [2.24, 2.45) is 0 Å². The molecule has 0 amide bonds. The number of fused-ring (bicyclic) bond motifs is 1. The van der Waals surface area contributed by atoms with Crippen LogP contribution in [0.15, 0.2) is 42.7 Å². The minimum Gasteiger partial charge on any atom is -0.496 e. The van der Waals surface area contributed by atoms with E-state index in [4.69, 9.17) is 4.74 Å². The minimum atomic E-state index is 0.875. The fourth-order valence-corrected chi connectivity index (χ4v) is 2.20. The third kappa shape index (κ3) is 1.66. The molecule has 0 fully saturated rings. The first-order valence-corrected chi connectivity index (χ1v) is 5.86. The van der Waals surface area contributed by atoms with Crippen LogP contribution in [0.25, 0.3) is 22.2 Å². The van der Waals surface area contributed by atoms with Crippen molar-refractivity contribution in [3.63, 3.8) is 0 Å². The highest BCUT2D eigenvalue weighted by molar-refractivity contribution is 6.33. The highest BCUT2D eigenvalue weighted by Crippen LogP contribution is 2.33. The van der Waals surface area contributed by atoms with Gasteiger partial charge in [0, 0.05) is 28.9 Å². The molecule has 3 aromatic rings. The number of para-hydroxylation sites is 1. The van der Waals surface area contributed by atoms with Gasteiger partial charge in [0.15, 0.2) is 0 Å². The summed E-state index contributed by atoms with van der Waals surface area (Å²) in [6, 6.07) is 10.2. The van der Waals surface area contributed by atoms with Gasteiger partial charge < -0.3 is 9.72 Å². The molecule has 0 aliphatic heterocycles. The van der Waals surface area contributed by atoms with Crippen molar-refractivity contribution in [1.82, 2.24) is 9.97 Å². The Morgan fingerprint density at radius 3 is 2.89 bits per heavy atom. The molecule has 3 nitrogen and oxygen atoms in total. The second kappa shape index (κ2) is 4.22. The molecule has 3 rings (SSSR count). The number of ether oxygens (including phenoxy) is 1. The van der Waals surface area contributed by atoms with E-state index >= 15 is 0 Å². The highest BCUT2D eigenvalue weighted by Gasteiger charge is 2.10. The van der Waals surface area contributed by atoms with Crippen LogP contribution < -0.4 is 10.2 Å². The van der Waals surface area contributed by atoms with Gasteiger partial charge >= 0.3 is 0 Å². The molecule has 0 saturated heterocycles. The molecule has 0 atom stereocenters. The Balaban J connectivity index is 2.28. The minimum absolute atomic E-state index is 0.875. The molecule has 0 bridgehead atoms. The number of nitrogens with zero attached hydrogens (tertiary/aromatic N) is 1. The molecule has 0 aliphatic carbocycles. The Morgan fingerprint density at radius 2 is 2.06 bits per heavy atom. The molecule has 2 aromatic heterocycles. The second-order valence-corrected chi connectivity index (χ2v) is 4.31. The zero-order chi connectivity index (χ0) is 12.5. The Labute approximate surface area is 106 Å². The zero-order valence-corrected chi connectivity index (χ0v) is 10.4. The third-order valence-corrected chi connectivity index (χ3v) is 3.06. The summed E-state index contributed by atoms with van der Waals surface area (Å²) in [5.41, 5.74) is 4.26.